The fraction of sp³-hybridized carbons (Fsp3) is 0.333. The fourth-order valence-electron chi connectivity index (χ4n) is 2.11. The van der Waals surface area contributed by atoms with Gasteiger partial charge in [-0.1, -0.05) is 13.8 Å². The van der Waals surface area contributed by atoms with Gasteiger partial charge in [0.25, 0.3) is 0 Å². The van der Waals surface area contributed by atoms with Crippen molar-refractivity contribution in [1.82, 2.24) is 9.55 Å². The summed E-state index contributed by atoms with van der Waals surface area (Å²) in [4.78, 5) is 16.4. The highest BCUT2D eigenvalue weighted by Gasteiger charge is 2.12. The Labute approximate surface area is 123 Å². The predicted octanol–water partition coefficient (Wildman–Crippen LogP) is 2.24. The largest absolute Gasteiger partial charge is 0.494 e. The van der Waals surface area contributed by atoms with Gasteiger partial charge in [0.05, 0.1) is 12.8 Å². The van der Waals surface area contributed by atoms with Crippen molar-refractivity contribution in [1.29, 1.82) is 0 Å². The average Bonchev–Trinajstić information content (AvgIpc) is 2.89. The number of hydrogen-bond acceptors (Lipinski definition) is 4. The van der Waals surface area contributed by atoms with Crippen molar-refractivity contribution in [2.45, 2.75) is 26.3 Å². The summed E-state index contributed by atoms with van der Waals surface area (Å²) in [5.74, 6) is 1.55. The minimum absolute atomic E-state index is 0.141. The standard InChI is InChI=1S/C15H20N4O2/c1-10(2)15-17-6-7-19(15)9-14(20)18-12-5-4-11(16)8-13(12)21-3/h4-8,10H,9,16H2,1-3H3,(H,18,20). The monoisotopic (exact) mass is 288 g/mol. The van der Waals surface area contributed by atoms with Crippen molar-refractivity contribution >= 4 is 17.3 Å². The summed E-state index contributed by atoms with van der Waals surface area (Å²) in [7, 11) is 1.54. The van der Waals surface area contributed by atoms with Gasteiger partial charge < -0.3 is 20.4 Å². The number of rotatable bonds is 5. The summed E-state index contributed by atoms with van der Waals surface area (Å²) in [5.41, 5.74) is 6.88. The molecule has 2 rings (SSSR count). The van der Waals surface area contributed by atoms with Crippen molar-refractivity contribution in [2.24, 2.45) is 0 Å². The SMILES string of the molecule is COc1cc(N)ccc1NC(=O)Cn1ccnc1C(C)C. The van der Waals surface area contributed by atoms with Gasteiger partial charge in [-0.2, -0.15) is 0 Å². The summed E-state index contributed by atoms with van der Waals surface area (Å²) in [6.07, 6.45) is 3.50. The molecule has 112 valence electrons. The number of carbonyl (C=O) groups is 1. The molecule has 2 aromatic rings. The van der Waals surface area contributed by atoms with Gasteiger partial charge >= 0.3 is 0 Å². The Bertz CT molecular complexity index is 634. The Kier molecular flexibility index (Phi) is 4.47. The van der Waals surface area contributed by atoms with Crippen LogP contribution in [0.1, 0.15) is 25.6 Å². The maximum atomic E-state index is 12.2. The lowest BCUT2D eigenvalue weighted by Crippen LogP contribution is -2.20. The van der Waals surface area contributed by atoms with Crippen molar-refractivity contribution < 1.29 is 9.53 Å². The molecule has 6 heteroatoms. The first-order valence-corrected chi connectivity index (χ1v) is 6.75. The fourth-order valence-corrected chi connectivity index (χ4v) is 2.11. The average molecular weight is 288 g/mol. The number of nitrogens with zero attached hydrogens (tertiary/aromatic N) is 2. The highest BCUT2D eigenvalue weighted by atomic mass is 16.5. The molecule has 1 heterocycles. The Morgan fingerprint density at radius 3 is 2.90 bits per heavy atom. The van der Waals surface area contributed by atoms with Crippen LogP contribution in [0.25, 0.3) is 0 Å². The maximum absolute atomic E-state index is 12.2. The zero-order valence-electron chi connectivity index (χ0n) is 12.5. The number of hydrogen-bond donors (Lipinski definition) is 2. The molecule has 1 aromatic heterocycles. The van der Waals surface area contributed by atoms with Crippen LogP contribution in [0.2, 0.25) is 0 Å². The summed E-state index contributed by atoms with van der Waals surface area (Å²) in [6, 6.07) is 5.12. The van der Waals surface area contributed by atoms with Crippen molar-refractivity contribution in [3.63, 3.8) is 0 Å². The number of ether oxygens (including phenoxy) is 1. The van der Waals surface area contributed by atoms with E-state index in [1.54, 1.807) is 30.6 Å². The molecule has 0 atom stereocenters. The third-order valence-electron chi connectivity index (χ3n) is 3.08. The number of nitrogens with two attached hydrogens (primary N) is 1. The molecule has 0 radical (unpaired) electrons. The molecule has 0 aliphatic heterocycles. The van der Waals surface area contributed by atoms with E-state index >= 15 is 0 Å². The van der Waals surface area contributed by atoms with E-state index in [1.165, 1.54) is 7.11 Å². The maximum Gasteiger partial charge on any atom is 0.244 e. The second kappa shape index (κ2) is 6.30. The predicted molar refractivity (Wildman–Crippen MR) is 82.4 cm³/mol. The van der Waals surface area contributed by atoms with Crippen LogP contribution in [0.15, 0.2) is 30.6 Å². The van der Waals surface area contributed by atoms with E-state index in [1.807, 2.05) is 18.4 Å². The molecule has 0 fully saturated rings. The minimum Gasteiger partial charge on any atom is -0.494 e. The molecule has 0 aliphatic carbocycles. The Balaban J connectivity index is 2.10. The molecule has 0 saturated heterocycles. The van der Waals surface area contributed by atoms with Gasteiger partial charge in [0.2, 0.25) is 5.91 Å². The van der Waals surface area contributed by atoms with E-state index in [2.05, 4.69) is 10.3 Å². The molecule has 0 spiro atoms. The summed E-state index contributed by atoms with van der Waals surface area (Å²) in [6.45, 7) is 4.29. The smallest absolute Gasteiger partial charge is 0.244 e. The quantitative estimate of drug-likeness (QED) is 0.827. The molecule has 21 heavy (non-hydrogen) atoms. The molecule has 0 bridgehead atoms. The van der Waals surface area contributed by atoms with Gasteiger partial charge in [-0.25, -0.2) is 4.98 Å². The zero-order chi connectivity index (χ0) is 15.4. The lowest BCUT2D eigenvalue weighted by Gasteiger charge is -2.13. The number of amides is 1. The van der Waals surface area contributed by atoms with Crippen LogP contribution in [0.5, 0.6) is 5.75 Å². The number of nitrogens with one attached hydrogen (secondary N) is 1. The Morgan fingerprint density at radius 2 is 2.24 bits per heavy atom. The number of methoxy groups -OCH3 is 1. The normalized spacial score (nSPS) is 10.7. The second-order valence-electron chi connectivity index (χ2n) is 5.08. The van der Waals surface area contributed by atoms with Crippen LogP contribution < -0.4 is 15.8 Å². The van der Waals surface area contributed by atoms with Crippen LogP contribution in [0.4, 0.5) is 11.4 Å². The van der Waals surface area contributed by atoms with Gasteiger partial charge in [-0.15, -0.1) is 0 Å². The number of benzene rings is 1. The first-order valence-electron chi connectivity index (χ1n) is 6.75. The minimum atomic E-state index is -0.141. The van der Waals surface area contributed by atoms with Gasteiger partial charge in [0, 0.05) is 30.1 Å². The Hall–Kier alpha value is -2.50. The number of nitrogen functional groups attached to an aromatic ring is 1. The number of aromatic nitrogens is 2. The molecular weight excluding hydrogens is 268 g/mol. The van der Waals surface area contributed by atoms with E-state index in [9.17, 15) is 4.79 Å². The summed E-state index contributed by atoms with van der Waals surface area (Å²) < 4.78 is 7.05. The van der Waals surface area contributed by atoms with E-state index in [0.29, 0.717) is 17.1 Å². The van der Waals surface area contributed by atoms with Crippen LogP contribution in [0.3, 0.4) is 0 Å². The molecule has 6 nitrogen and oxygen atoms in total. The molecule has 3 N–H and O–H groups in total. The van der Waals surface area contributed by atoms with Crippen LogP contribution >= 0.6 is 0 Å². The summed E-state index contributed by atoms with van der Waals surface area (Å²) in [5, 5.41) is 2.82. The highest BCUT2D eigenvalue weighted by Crippen LogP contribution is 2.26. The van der Waals surface area contributed by atoms with E-state index in [0.717, 1.165) is 5.82 Å². The third kappa shape index (κ3) is 3.53. The van der Waals surface area contributed by atoms with Crippen LogP contribution in [-0.4, -0.2) is 22.6 Å². The van der Waals surface area contributed by atoms with Crippen molar-refractivity contribution in [3.8, 4) is 5.75 Å². The Morgan fingerprint density at radius 1 is 1.48 bits per heavy atom. The molecule has 1 aromatic carbocycles. The first-order chi connectivity index (χ1) is 10.0. The molecule has 0 aliphatic rings. The zero-order valence-corrected chi connectivity index (χ0v) is 12.5. The third-order valence-corrected chi connectivity index (χ3v) is 3.08. The molecule has 0 saturated carbocycles. The number of carbonyl (C=O) groups excluding carboxylic acids is 1. The van der Waals surface area contributed by atoms with Gasteiger partial charge in [0.1, 0.15) is 18.1 Å². The van der Waals surface area contributed by atoms with Crippen LogP contribution in [0, 0.1) is 0 Å². The van der Waals surface area contributed by atoms with Gasteiger partial charge in [-0.05, 0) is 12.1 Å². The summed E-state index contributed by atoms with van der Waals surface area (Å²) >= 11 is 0. The van der Waals surface area contributed by atoms with Crippen molar-refractivity contribution in [3.05, 3.63) is 36.4 Å². The molecule has 1 amide bonds. The van der Waals surface area contributed by atoms with E-state index in [-0.39, 0.29) is 18.4 Å². The van der Waals surface area contributed by atoms with E-state index < -0.39 is 0 Å². The van der Waals surface area contributed by atoms with Gasteiger partial charge in [-0.3, -0.25) is 4.79 Å². The van der Waals surface area contributed by atoms with E-state index in [4.69, 9.17) is 10.5 Å². The van der Waals surface area contributed by atoms with Gasteiger partial charge in [0.15, 0.2) is 0 Å². The van der Waals surface area contributed by atoms with Crippen LogP contribution in [-0.2, 0) is 11.3 Å². The topological polar surface area (TPSA) is 82.2 Å². The molecular formula is C15H20N4O2. The number of anilines is 2. The van der Waals surface area contributed by atoms with Crippen molar-refractivity contribution in [2.75, 3.05) is 18.2 Å². The highest BCUT2D eigenvalue weighted by molar-refractivity contribution is 5.92. The molecule has 0 unspecified atom stereocenters. The first kappa shape index (κ1) is 14.9. The lowest BCUT2D eigenvalue weighted by atomic mass is 10.2. The second-order valence-corrected chi connectivity index (χ2v) is 5.08. The number of imidazole rings is 1. The lowest BCUT2D eigenvalue weighted by molar-refractivity contribution is -0.116.